The normalized spacial score (nSPS) is 10.3. The third-order valence-corrected chi connectivity index (χ3v) is 4.14. The molecule has 0 spiro atoms. The number of hydrogen-bond acceptors (Lipinski definition) is 6. The van der Waals surface area contributed by atoms with Crippen LogP contribution in [-0.2, 0) is 4.74 Å². The Morgan fingerprint density at radius 1 is 1.27 bits per heavy atom. The lowest BCUT2D eigenvalue weighted by Crippen LogP contribution is -2.04. The third kappa shape index (κ3) is 3.43. The highest BCUT2D eigenvalue weighted by atomic mass is 32.2. The maximum absolute atomic E-state index is 11.4. The zero-order chi connectivity index (χ0) is 16.3. The fraction of sp³-hybridized carbons (Fsp3) is 0.200. The molecule has 6 nitrogen and oxygen atoms in total. The Labute approximate surface area is 131 Å². The van der Waals surface area contributed by atoms with Crippen LogP contribution in [0.1, 0.15) is 21.5 Å². The SMILES string of the molecule is COC(=O)c1cnc(Sc2ccc(C)c(C)c2)c([N+](=O)[O-])c1. The van der Waals surface area contributed by atoms with Crippen LogP contribution in [0.5, 0.6) is 0 Å². The first-order chi connectivity index (χ1) is 10.4. The number of rotatable bonds is 4. The van der Waals surface area contributed by atoms with Crippen LogP contribution in [0.3, 0.4) is 0 Å². The van der Waals surface area contributed by atoms with Gasteiger partial charge in [0.15, 0.2) is 5.03 Å². The predicted octanol–water partition coefficient (Wildman–Crippen LogP) is 3.54. The van der Waals surface area contributed by atoms with E-state index < -0.39 is 10.9 Å². The summed E-state index contributed by atoms with van der Waals surface area (Å²) < 4.78 is 4.55. The molecule has 0 aliphatic carbocycles. The Balaban J connectivity index is 2.39. The first-order valence-electron chi connectivity index (χ1n) is 6.40. The number of carbonyl (C=O) groups excluding carboxylic acids is 1. The van der Waals surface area contributed by atoms with Gasteiger partial charge in [-0.2, -0.15) is 0 Å². The first kappa shape index (κ1) is 16.0. The van der Waals surface area contributed by atoms with Crippen LogP contribution in [-0.4, -0.2) is 23.0 Å². The fourth-order valence-electron chi connectivity index (χ4n) is 1.77. The van der Waals surface area contributed by atoms with Gasteiger partial charge in [0.2, 0.25) is 0 Å². The molecule has 0 unspecified atom stereocenters. The van der Waals surface area contributed by atoms with E-state index >= 15 is 0 Å². The molecule has 1 aromatic heterocycles. The van der Waals surface area contributed by atoms with Gasteiger partial charge < -0.3 is 4.74 Å². The Kier molecular flexibility index (Phi) is 4.77. The van der Waals surface area contributed by atoms with Crippen molar-refractivity contribution in [2.75, 3.05) is 7.11 Å². The zero-order valence-corrected chi connectivity index (χ0v) is 13.1. The van der Waals surface area contributed by atoms with E-state index in [2.05, 4.69) is 9.72 Å². The van der Waals surface area contributed by atoms with Gasteiger partial charge in [-0.05, 0) is 37.1 Å². The van der Waals surface area contributed by atoms with Crippen molar-refractivity contribution < 1.29 is 14.5 Å². The Hall–Kier alpha value is -2.41. The van der Waals surface area contributed by atoms with E-state index in [1.807, 2.05) is 32.0 Å². The van der Waals surface area contributed by atoms with E-state index in [-0.39, 0.29) is 16.3 Å². The molecule has 0 N–H and O–H groups in total. The topological polar surface area (TPSA) is 82.3 Å². The molecule has 1 heterocycles. The van der Waals surface area contributed by atoms with Gasteiger partial charge in [0.25, 0.3) is 0 Å². The van der Waals surface area contributed by atoms with Crippen LogP contribution in [0.2, 0.25) is 0 Å². The van der Waals surface area contributed by atoms with Gasteiger partial charge in [-0.25, -0.2) is 9.78 Å². The van der Waals surface area contributed by atoms with E-state index in [9.17, 15) is 14.9 Å². The summed E-state index contributed by atoms with van der Waals surface area (Å²) in [5.41, 5.74) is 2.08. The van der Waals surface area contributed by atoms with Gasteiger partial charge in [-0.15, -0.1) is 0 Å². The van der Waals surface area contributed by atoms with Crippen molar-refractivity contribution in [1.82, 2.24) is 4.98 Å². The van der Waals surface area contributed by atoms with Crippen LogP contribution < -0.4 is 0 Å². The number of benzene rings is 1. The molecule has 2 aromatic rings. The smallest absolute Gasteiger partial charge is 0.339 e. The molecule has 7 heteroatoms. The van der Waals surface area contributed by atoms with Crippen molar-refractivity contribution in [3.63, 3.8) is 0 Å². The van der Waals surface area contributed by atoms with Crippen molar-refractivity contribution in [3.05, 3.63) is 57.3 Å². The Bertz CT molecular complexity index is 746. The molecule has 0 radical (unpaired) electrons. The lowest BCUT2D eigenvalue weighted by atomic mass is 10.1. The monoisotopic (exact) mass is 318 g/mol. The quantitative estimate of drug-likeness (QED) is 0.487. The molecule has 0 fully saturated rings. The van der Waals surface area contributed by atoms with E-state index in [1.54, 1.807) is 0 Å². The molecule has 1 aromatic carbocycles. The average molecular weight is 318 g/mol. The van der Waals surface area contributed by atoms with Crippen LogP contribution in [0, 0.1) is 24.0 Å². The second-order valence-electron chi connectivity index (χ2n) is 4.65. The van der Waals surface area contributed by atoms with Crippen molar-refractivity contribution in [1.29, 1.82) is 0 Å². The molecule has 114 valence electrons. The summed E-state index contributed by atoms with van der Waals surface area (Å²) in [7, 11) is 1.21. The van der Waals surface area contributed by atoms with E-state index in [0.717, 1.165) is 16.0 Å². The van der Waals surface area contributed by atoms with Crippen LogP contribution in [0.15, 0.2) is 40.4 Å². The molecule has 0 bridgehead atoms. The number of hydrogen-bond donors (Lipinski definition) is 0. The van der Waals surface area contributed by atoms with E-state index in [0.29, 0.717) is 0 Å². The largest absolute Gasteiger partial charge is 0.465 e. The summed E-state index contributed by atoms with van der Waals surface area (Å²) in [5, 5.41) is 11.4. The highest BCUT2D eigenvalue weighted by Gasteiger charge is 2.20. The molecule has 0 amide bonds. The van der Waals surface area contributed by atoms with Gasteiger partial charge in [-0.1, -0.05) is 17.8 Å². The average Bonchev–Trinajstić information content (AvgIpc) is 2.50. The summed E-state index contributed by atoms with van der Waals surface area (Å²) >= 11 is 1.19. The van der Waals surface area contributed by atoms with Crippen molar-refractivity contribution >= 4 is 23.4 Å². The number of aromatic nitrogens is 1. The molecule has 2 rings (SSSR count). The minimum absolute atomic E-state index is 0.0543. The summed E-state index contributed by atoms with van der Waals surface area (Å²) in [4.78, 5) is 27.0. The molecular formula is C15H14N2O4S. The van der Waals surface area contributed by atoms with Gasteiger partial charge in [0.05, 0.1) is 17.6 Å². The maximum atomic E-state index is 11.4. The second kappa shape index (κ2) is 6.57. The third-order valence-electron chi connectivity index (χ3n) is 3.14. The van der Waals surface area contributed by atoms with Crippen molar-refractivity contribution in [2.45, 2.75) is 23.8 Å². The van der Waals surface area contributed by atoms with E-state index in [4.69, 9.17) is 0 Å². The predicted molar refractivity (Wildman–Crippen MR) is 82.3 cm³/mol. The summed E-state index contributed by atoms with van der Waals surface area (Å²) in [6.45, 7) is 3.97. The highest BCUT2D eigenvalue weighted by molar-refractivity contribution is 7.99. The van der Waals surface area contributed by atoms with Gasteiger partial charge in [0, 0.05) is 17.2 Å². The van der Waals surface area contributed by atoms with Gasteiger partial charge in [0.1, 0.15) is 0 Å². The minimum Gasteiger partial charge on any atom is -0.465 e. The van der Waals surface area contributed by atoms with Crippen LogP contribution >= 0.6 is 11.8 Å². The number of pyridine rings is 1. The van der Waals surface area contributed by atoms with Gasteiger partial charge >= 0.3 is 11.7 Å². The molecule has 22 heavy (non-hydrogen) atoms. The van der Waals surface area contributed by atoms with E-state index in [1.165, 1.54) is 31.1 Å². The Morgan fingerprint density at radius 3 is 2.59 bits per heavy atom. The fourth-order valence-corrected chi connectivity index (χ4v) is 2.71. The maximum Gasteiger partial charge on any atom is 0.339 e. The van der Waals surface area contributed by atoms with Crippen molar-refractivity contribution in [2.24, 2.45) is 0 Å². The molecule has 0 saturated heterocycles. The van der Waals surface area contributed by atoms with Crippen LogP contribution in [0.4, 0.5) is 5.69 Å². The number of aryl methyl sites for hydroxylation is 2. The standard InChI is InChI=1S/C15H14N2O4S/c1-9-4-5-12(6-10(9)2)22-14-13(17(19)20)7-11(8-16-14)15(18)21-3/h4-8H,1-3H3. The lowest BCUT2D eigenvalue weighted by molar-refractivity contribution is -0.388. The van der Waals surface area contributed by atoms with Gasteiger partial charge in [-0.3, -0.25) is 10.1 Å². The number of carbonyl (C=O) groups is 1. The number of esters is 1. The zero-order valence-electron chi connectivity index (χ0n) is 12.3. The number of ether oxygens (including phenoxy) is 1. The van der Waals surface area contributed by atoms with Crippen LogP contribution in [0.25, 0.3) is 0 Å². The summed E-state index contributed by atoms with van der Waals surface area (Å²) in [6, 6.07) is 6.96. The number of nitro groups is 1. The number of nitrogens with zero attached hydrogens (tertiary/aromatic N) is 2. The molecular weight excluding hydrogens is 304 g/mol. The molecule has 0 saturated carbocycles. The first-order valence-corrected chi connectivity index (χ1v) is 7.22. The minimum atomic E-state index is -0.654. The Morgan fingerprint density at radius 2 is 2.00 bits per heavy atom. The lowest BCUT2D eigenvalue weighted by Gasteiger charge is -2.06. The number of methoxy groups -OCH3 is 1. The summed E-state index contributed by atoms with van der Waals surface area (Å²) in [6.07, 6.45) is 1.28. The summed E-state index contributed by atoms with van der Waals surface area (Å²) in [5.74, 6) is -0.654. The molecule has 0 aliphatic rings. The van der Waals surface area contributed by atoms with Crippen molar-refractivity contribution in [3.8, 4) is 0 Å². The molecule has 0 atom stereocenters. The second-order valence-corrected chi connectivity index (χ2v) is 5.71. The molecule has 0 aliphatic heterocycles. The highest BCUT2D eigenvalue weighted by Crippen LogP contribution is 2.34.